The number of amides is 2. The molecule has 1 atom stereocenters. The molecular weight excluding hydrogens is 293 g/mol. The number of anilines is 1. The molecule has 2 N–H and O–H groups in total. The normalized spacial score (nSPS) is 19.6. The van der Waals surface area contributed by atoms with Crippen LogP contribution in [0.1, 0.15) is 19.8 Å². The Morgan fingerprint density at radius 2 is 2.24 bits per heavy atom. The second-order valence-electron chi connectivity index (χ2n) is 4.51. The number of aliphatic imine (C=N–C) groups is 1. The molecule has 1 saturated heterocycles. The second-order valence-corrected chi connectivity index (χ2v) is 5.71. The van der Waals surface area contributed by atoms with Gasteiger partial charge in [0.1, 0.15) is 11.1 Å². The molecule has 1 aliphatic rings. The zero-order valence-electron chi connectivity index (χ0n) is 11.6. The van der Waals surface area contributed by atoms with Crippen molar-refractivity contribution >= 4 is 34.4 Å². The number of thioether (sulfide) groups is 1. The molecule has 1 fully saturated rings. The van der Waals surface area contributed by atoms with Crippen LogP contribution in [0.25, 0.3) is 0 Å². The van der Waals surface area contributed by atoms with Crippen LogP contribution in [-0.4, -0.2) is 28.8 Å². The molecule has 5 nitrogen and oxygen atoms in total. The number of rotatable bonds is 5. The lowest BCUT2D eigenvalue weighted by molar-refractivity contribution is -0.122. The lowest BCUT2D eigenvalue weighted by Gasteiger charge is -2.07. The molecule has 0 saturated carbocycles. The number of benzene rings is 1. The summed E-state index contributed by atoms with van der Waals surface area (Å²) in [6.07, 6.45) is 0.869. The predicted molar refractivity (Wildman–Crippen MR) is 81.8 cm³/mol. The highest BCUT2D eigenvalue weighted by Crippen LogP contribution is 2.23. The number of amidine groups is 1. The largest absolute Gasteiger partial charge is 0.324 e. The van der Waals surface area contributed by atoms with Gasteiger partial charge in [-0.2, -0.15) is 0 Å². The number of nitrogens with zero attached hydrogens (tertiary/aromatic N) is 1. The van der Waals surface area contributed by atoms with Gasteiger partial charge in [0.15, 0.2) is 5.17 Å². The van der Waals surface area contributed by atoms with Gasteiger partial charge in [-0.25, -0.2) is 4.39 Å². The number of halogens is 1. The Morgan fingerprint density at radius 1 is 1.48 bits per heavy atom. The van der Waals surface area contributed by atoms with Crippen LogP contribution in [0.2, 0.25) is 0 Å². The van der Waals surface area contributed by atoms with Crippen molar-refractivity contribution in [3.8, 4) is 0 Å². The molecule has 2 rings (SSSR count). The molecule has 1 aromatic rings. The van der Waals surface area contributed by atoms with Crippen molar-refractivity contribution in [2.45, 2.75) is 25.0 Å². The number of carbonyl (C=O) groups is 2. The fourth-order valence-electron chi connectivity index (χ4n) is 1.76. The topological polar surface area (TPSA) is 70.6 Å². The SMILES string of the molecule is CCCN=C1NC(=O)[C@H](CC(=O)Nc2ccccc2F)S1. The Labute approximate surface area is 126 Å². The Kier molecular flexibility index (Phi) is 5.32. The highest BCUT2D eigenvalue weighted by molar-refractivity contribution is 8.15. The van der Waals surface area contributed by atoms with Crippen LogP contribution in [0, 0.1) is 5.82 Å². The summed E-state index contributed by atoms with van der Waals surface area (Å²) in [5.74, 6) is -1.14. The maximum absolute atomic E-state index is 13.4. The van der Waals surface area contributed by atoms with E-state index in [1.165, 1.54) is 23.9 Å². The lowest BCUT2D eigenvalue weighted by atomic mass is 10.2. The van der Waals surface area contributed by atoms with Crippen molar-refractivity contribution in [2.75, 3.05) is 11.9 Å². The van der Waals surface area contributed by atoms with Crippen molar-refractivity contribution in [3.63, 3.8) is 0 Å². The van der Waals surface area contributed by atoms with Gasteiger partial charge in [-0.05, 0) is 18.6 Å². The first-order chi connectivity index (χ1) is 10.1. The van der Waals surface area contributed by atoms with E-state index in [1.54, 1.807) is 12.1 Å². The minimum absolute atomic E-state index is 0.0179. The first kappa shape index (κ1) is 15.5. The van der Waals surface area contributed by atoms with Crippen LogP contribution in [0.15, 0.2) is 29.3 Å². The van der Waals surface area contributed by atoms with Crippen LogP contribution in [0.3, 0.4) is 0 Å². The van der Waals surface area contributed by atoms with E-state index in [0.717, 1.165) is 6.42 Å². The third kappa shape index (κ3) is 4.29. The quantitative estimate of drug-likeness (QED) is 0.875. The molecule has 1 aromatic carbocycles. The maximum atomic E-state index is 13.4. The zero-order chi connectivity index (χ0) is 15.2. The average molecular weight is 309 g/mol. The van der Waals surface area contributed by atoms with Gasteiger partial charge in [0.05, 0.1) is 5.69 Å². The minimum Gasteiger partial charge on any atom is -0.324 e. The molecule has 0 aromatic heterocycles. The van der Waals surface area contributed by atoms with E-state index in [9.17, 15) is 14.0 Å². The van der Waals surface area contributed by atoms with Gasteiger partial charge in [0.2, 0.25) is 11.8 Å². The molecule has 112 valence electrons. The van der Waals surface area contributed by atoms with Gasteiger partial charge in [0.25, 0.3) is 0 Å². The molecule has 1 heterocycles. The fourth-order valence-corrected chi connectivity index (χ4v) is 2.76. The summed E-state index contributed by atoms with van der Waals surface area (Å²) in [6.45, 7) is 2.63. The number of hydrogen-bond acceptors (Lipinski definition) is 4. The van der Waals surface area contributed by atoms with Crippen LogP contribution in [0.5, 0.6) is 0 Å². The minimum atomic E-state index is -0.521. The monoisotopic (exact) mass is 309 g/mol. The molecule has 0 bridgehead atoms. The maximum Gasteiger partial charge on any atom is 0.240 e. The standard InChI is InChI=1S/C14H16FN3O2S/c1-2-7-16-14-18-13(20)11(21-14)8-12(19)17-10-6-4-3-5-9(10)15/h3-6,11H,2,7-8H2,1H3,(H,17,19)(H,16,18,20)/t11-/m0/s1. The Morgan fingerprint density at radius 3 is 2.95 bits per heavy atom. The summed E-state index contributed by atoms with van der Waals surface area (Å²) in [4.78, 5) is 27.8. The van der Waals surface area contributed by atoms with E-state index >= 15 is 0 Å². The van der Waals surface area contributed by atoms with Crippen molar-refractivity contribution in [3.05, 3.63) is 30.1 Å². The molecule has 0 spiro atoms. The molecule has 0 unspecified atom stereocenters. The first-order valence-corrected chi connectivity index (χ1v) is 7.54. The highest BCUT2D eigenvalue weighted by atomic mass is 32.2. The molecule has 21 heavy (non-hydrogen) atoms. The van der Waals surface area contributed by atoms with Gasteiger partial charge in [-0.15, -0.1) is 0 Å². The van der Waals surface area contributed by atoms with E-state index in [0.29, 0.717) is 11.7 Å². The Bertz CT molecular complexity index is 577. The van der Waals surface area contributed by atoms with Crippen molar-refractivity contribution in [2.24, 2.45) is 4.99 Å². The third-order valence-electron chi connectivity index (χ3n) is 2.77. The summed E-state index contributed by atoms with van der Waals surface area (Å²) < 4.78 is 13.4. The smallest absolute Gasteiger partial charge is 0.240 e. The van der Waals surface area contributed by atoms with E-state index in [-0.39, 0.29) is 18.0 Å². The molecule has 0 radical (unpaired) electrons. The third-order valence-corrected chi connectivity index (χ3v) is 3.89. The van der Waals surface area contributed by atoms with Gasteiger partial charge in [-0.3, -0.25) is 14.6 Å². The number of para-hydroxylation sites is 1. The summed E-state index contributed by atoms with van der Waals surface area (Å²) in [7, 11) is 0. The summed E-state index contributed by atoms with van der Waals surface area (Å²) in [6, 6.07) is 5.92. The summed E-state index contributed by atoms with van der Waals surface area (Å²) in [5.41, 5.74) is 0.116. The molecule has 7 heteroatoms. The molecule has 2 amide bonds. The highest BCUT2D eigenvalue weighted by Gasteiger charge is 2.31. The van der Waals surface area contributed by atoms with E-state index < -0.39 is 17.0 Å². The molecule has 1 aliphatic heterocycles. The van der Waals surface area contributed by atoms with Crippen molar-refractivity contribution in [1.82, 2.24) is 5.32 Å². The lowest BCUT2D eigenvalue weighted by Crippen LogP contribution is -2.28. The molecule has 0 aliphatic carbocycles. The second kappa shape index (κ2) is 7.21. The van der Waals surface area contributed by atoms with Crippen LogP contribution >= 0.6 is 11.8 Å². The number of hydrogen-bond donors (Lipinski definition) is 2. The van der Waals surface area contributed by atoms with Gasteiger partial charge >= 0.3 is 0 Å². The van der Waals surface area contributed by atoms with E-state index in [4.69, 9.17) is 0 Å². The van der Waals surface area contributed by atoms with Crippen LogP contribution < -0.4 is 10.6 Å². The number of nitrogens with one attached hydrogen (secondary N) is 2. The van der Waals surface area contributed by atoms with Crippen LogP contribution in [-0.2, 0) is 9.59 Å². The first-order valence-electron chi connectivity index (χ1n) is 6.66. The Hall–Kier alpha value is -1.89. The van der Waals surface area contributed by atoms with Gasteiger partial charge < -0.3 is 10.6 Å². The zero-order valence-corrected chi connectivity index (χ0v) is 12.4. The van der Waals surface area contributed by atoms with Crippen molar-refractivity contribution in [1.29, 1.82) is 0 Å². The van der Waals surface area contributed by atoms with Crippen LogP contribution in [0.4, 0.5) is 10.1 Å². The average Bonchev–Trinajstić information content (AvgIpc) is 2.79. The predicted octanol–water partition coefficient (Wildman–Crippen LogP) is 2.15. The Balaban J connectivity index is 1.91. The van der Waals surface area contributed by atoms with E-state index in [2.05, 4.69) is 15.6 Å². The summed E-state index contributed by atoms with van der Waals surface area (Å²) in [5, 5.41) is 5.13. The van der Waals surface area contributed by atoms with E-state index in [1.807, 2.05) is 6.92 Å². The van der Waals surface area contributed by atoms with Crippen molar-refractivity contribution < 1.29 is 14.0 Å². The molecular formula is C14H16FN3O2S. The number of carbonyl (C=O) groups excluding carboxylic acids is 2. The summed E-state index contributed by atoms with van der Waals surface area (Å²) >= 11 is 1.24. The fraction of sp³-hybridized carbons (Fsp3) is 0.357. The van der Waals surface area contributed by atoms with Gasteiger partial charge in [0, 0.05) is 13.0 Å². The van der Waals surface area contributed by atoms with Gasteiger partial charge in [-0.1, -0.05) is 30.8 Å².